The van der Waals surface area contributed by atoms with Crippen molar-refractivity contribution in [2.45, 2.75) is 12.3 Å². The molecule has 14 heavy (non-hydrogen) atoms. The number of primary amides is 1. The van der Waals surface area contributed by atoms with E-state index < -0.39 is 5.91 Å². The quantitative estimate of drug-likeness (QED) is 0.651. The molecule has 0 aromatic carbocycles. The fourth-order valence-corrected chi connectivity index (χ4v) is 1.59. The van der Waals surface area contributed by atoms with Crippen LogP contribution in [0.25, 0.3) is 0 Å². The molecule has 0 spiro atoms. The first-order valence-corrected chi connectivity index (χ1v) is 4.33. The standard InChI is InChI=1S/C8H12N4O.ClH/c9-8(13)7-3-6(11-12-7)5-1-2-10-4-5;/h3,5,10H,1-2,4H2,(H2,9,13)(H,11,12);1H. The van der Waals surface area contributed by atoms with Crippen LogP contribution in [0.1, 0.15) is 28.5 Å². The van der Waals surface area contributed by atoms with Crippen LogP contribution in [0.2, 0.25) is 0 Å². The second-order valence-corrected chi connectivity index (χ2v) is 3.26. The fourth-order valence-electron chi connectivity index (χ4n) is 1.59. The van der Waals surface area contributed by atoms with Gasteiger partial charge in [0.1, 0.15) is 5.69 Å². The van der Waals surface area contributed by atoms with E-state index in [0.29, 0.717) is 11.6 Å². The van der Waals surface area contributed by atoms with Gasteiger partial charge in [-0.25, -0.2) is 0 Å². The van der Waals surface area contributed by atoms with Gasteiger partial charge in [-0.15, -0.1) is 12.4 Å². The van der Waals surface area contributed by atoms with Gasteiger partial charge >= 0.3 is 0 Å². The van der Waals surface area contributed by atoms with Gasteiger partial charge in [-0.3, -0.25) is 9.89 Å². The molecule has 1 atom stereocenters. The highest BCUT2D eigenvalue weighted by Crippen LogP contribution is 2.20. The molecule has 1 aromatic heterocycles. The van der Waals surface area contributed by atoms with Gasteiger partial charge in [0, 0.05) is 18.2 Å². The molecule has 1 aromatic rings. The van der Waals surface area contributed by atoms with Gasteiger partial charge in [0.2, 0.25) is 0 Å². The summed E-state index contributed by atoms with van der Waals surface area (Å²) in [6.45, 7) is 1.97. The zero-order valence-electron chi connectivity index (χ0n) is 7.62. The minimum Gasteiger partial charge on any atom is -0.364 e. The molecule has 2 heterocycles. The monoisotopic (exact) mass is 216 g/mol. The van der Waals surface area contributed by atoms with E-state index in [2.05, 4.69) is 15.5 Å². The topological polar surface area (TPSA) is 83.8 Å². The van der Waals surface area contributed by atoms with Gasteiger partial charge in [0.05, 0.1) is 0 Å². The Morgan fingerprint density at radius 1 is 1.64 bits per heavy atom. The van der Waals surface area contributed by atoms with Crippen LogP contribution in [0.15, 0.2) is 6.07 Å². The molecule has 1 aliphatic heterocycles. The Bertz CT molecular complexity index is 319. The largest absolute Gasteiger partial charge is 0.364 e. The highest BCUT2D eigenvalue weighted by Gasteiger charge is 2.19. The molecule has 0 radical (unpaired) electrons. The molecule has 0 aliphatic carbocycles. The summed E-state index contributed by atoms with van der Waals surface area (Å²) in [5, 5.41) is 9.92. The lowest BCUT2D eigenvalue weighted by Gasteiger charge is -2.02. The minimum atomic E-state index is -0.478. The molecule has 1 unspecified atom stereocenters. The van der Waals surface area contributed by atoms with Crippen LogP contribution in [0, 0.1) is 0 Å². The minimum absolute atomic E-state index is 0. The maximum Gasteiger partial charge on any atom is 0.269 e. The molecule has 0 saturated carbocycles. The lowest BCUT2D eigenvalue weighted by Crippen LogP contribution is -2.11. The number of rotatable bonds is 2. The van der Waals surface area contributed by atoms with E-state index in [1.54, 1.807) is 6.07 Å². The molecule has 1 amide bonds. The van der Waals surface area contributed by atoms with E-state index in [1.165, 1.54) is 0 Å². The summed E-state index contributed by atoms with van der Waals surface area (Å²) in [5.74, 6) is -0.0333. The number of nitrogens with zero attached hydrogens (tertiary/aromatic N) is 1. The molecular weight excluding hydrogens is 204 g/mol. The molecule has 0 bridgehead atoms. The van der Waals surface area contributed by atoms with Gasteiger partial charge in [0.25, 0.3) is 5.91 Å². The van der Waals surface area contributed by atoms with Crippen LogP contribution in [0.4, 0.5) is 0 Å². The number of H-pyrrole nitrogens is 1. The molecular formula is C8H13ClN4O. The average molecular weight is 217 g/mol. The third kappa shape index (κ3) is 2.05. The summed E-state index contributed by atoms with van der Waals surface area (Å²) in [6.07, 6.45) is 1.08. The first kappa shape index (κ1) is 11.0. The van der Waals surface area contributed by atoms with Gasteiger partial charge in [-0.05, 0) is 19.0 Å². The van der Waals surface area contributed by atoms with Gasteiger partial charge in [0.15, 0.2) is 0 Å². The third-order valence-electron chi connectivity index (χ3n) is 2.35. The number of nitrogens with two attached hydrogens (primary N) is 1. The highest BCUT2D eigenvalue weighted by atomic mass is 35.5. The smallest absolute Gasteiger partial charge is 0.269 e. The molecule has 2 rings (SSSR count). The number of amides is 1. The molecule has 78 valence electrons. The second-order valence-electron chi connectivity index (χ2n) is 3.26. The normalized spacial score (nSPS) is 20.4. The lowest BCUT2D eigenvalue weighted by atomic mass is 10.1. The van der Waals surface area contributed by atoms with Crippen LogP contribution in [0.5, 0.6) is 0 Å². The Hall–Kier alpha value is -1.07. The number of hydrogen-bond donors (Lipinski definition) is 3. The molecule has 6 heteroatoms. The van der Waals surface area contributed by atoms with Crippen LogP contribution in [-0.4, -0.2) is 29.2 Å². The molecule has 1 aliphatic rings. The van der Waals surface area contributed by atoms with Gasteiger partial charge in [-0.2, -0.15) is 5.10 Å². The van der Waals surface area contributed by atoms with Crippen molar-refractivity contribution in [1.82, 2.24) is 15.5 Å². The summed E-state index contributed by atoms with van der Waals surface area (Å²) in [4.78, 5) is 10.8. The molecule has 1 saturated heterocycles. The SMILES string of the molecule is Cl.NC(=O)c1cc(C2CCNC2)[nH]n1. The Kier molecular flexibility index (Phi) is 3.49. The van der Waals surface area contributed by atoms with Gasteiger partial charge < -0.3 is 11.1 Å². The van der Waals surface area contributed by atoms with Crippen LogP contribution in [0.3, 0.4) is 0 Å². The van der Waals surface area contributed by atoms with Crippen LogP contribution < -0.4 is 11.1 Å². The highest BCUT2D eigenvalue weighted by molar-refractivity contribution is 5.90. The van der Waals surface area contributed by atoms with E-state index >= 15 is 0 Å². The van der Waals surface area contributed by atoms with E-state index in [-0.39, 0.29) is 12.4 Å². The number of aromatic amines is 1. The van der Waals surface area contributed by atoms with Crippen molar-refractivity contribution in [1.29, 1.82) is 0 Å². The van der Waals surface area contributed by atoms with Crippen molar-refractivity contribution in [3.8, 4) is 0 Å². The molecule has 4 N–H and O–H groups in total. The van der Waals surface area contributed by atoms with E-state index in [4.69, 9.17) is 5.73 Å². The molecule has 1 fully saturated rings. The van der Waals surface area contributed by atoms with Crippen molar-refractivity contribution in [3.63, 3.8) is 0 Å². The number of halogens is 1. The maximum absolute atomic E-state index is 10.8. The van der Waals surface area contributed by atoms with Gasteiger partial charge in [-0.1, -0.05) is 0 Å². The van der Waals surface area contributed by atoms with Crippen molar-refractivity contribution in [2.24, 2.45) is 5.73 Å². The average Bonchev–Trinajstić information content (AvgIpc) is 2.75. The Balaban J connectivity index is 0.000000980. The number of carbonyl (C=O) groups is 1. The summed E-state index contributed by atoms with van der Waals surface area (Å²) < 4.78 is 0. The van der Waals surface area contributed by atoms with Crippen LogP contribution >= 0.6 is 12.4 Å². The summed E-state index contributed by atoms with van der Waals surface area (Å²) >= 11 is 0. The zero-order chi connectivity index (χ0) is 9.26. The number of nitrogens with one attached hydrogen (secondary N) is 2. The van der Waals surface area contributed by atoms with Crippen molar-refractivity contribution >= 4 is 18.3 Å². The van der Waals surface area contributed by atoms with Crippen molar-refractivity contribution < 1.29 is 4.79 Å². The number of aromatic nitrogens is 2. The van der Waals surface area contributed by atoms with E-state index in [9.17, 15) is 4.79 Å². The Morgan fingerprint density at radius 3 is 2.93 bits per heavy atom. The first-order valence-electron chi connectivity index (χ1n) is 4.33. The van der Waals surface area contributed by atoms with Crippen molar-refractivity contribution in [2.75, 3.05) is 13.1 Å². The van der Waals surface area contributed by atoms with E-state index in [0.717, 1.165) is 25.2 Å². The fraction of sp³-hybridized carbons (Fsp3) is 0.500. The summed E-state index contributed by atoms with van der Waals surface area (Å²) in [7, 11) is 0. The van der Waals surface area contributed by atoms with Crippen molar-refractivity contribution in [3.05, 3.63) is 17.5 Å². The predicted octanol–water partition coefficient (Wildman–Crippen LogP) is 0.00730. The second kappa shape index (κ2) is 4.43. The predicted molar refractivity (Wildman–Crippen MR) is 54.6 cm³/mol. The third-order valence-corrected chi connectivity index (χ3v) is 2.35. The zero-order valence-corrected chi connectivity index (χ0v) is 8.43. The maximum atomic E-state index is 10.8. The Labute approximate surface area is 87.9 Å². The number of hydrogen-bond acceptors (Lipinski definition) is 3. The molecule has 5 nitrogen and oxygen atoms in total. The summed E-state index contributed by atoms with van der Waals surface area (Å²) in [6, 6.07) is 1.74. The Morgan fingerprint density at radius 2 is 2.43 bits per heavy atom. The van der Waals surface area contributed by atoms with E-state index in [1.807, 2.05) is 0 Å². The lowest BCUT2D eigenvalue weighted by molar-refractivity contribution is 0.0995. The first-order chi connectivity index (χ1) is 6.27. The van der Waals surface area contributed by atoms with Crippen LogP contribution in [-0.2, 0) is 0 Å². The summed E-state index contributed by atoms with van der Waals surface area (Å²) in [5.41, 5.74) is 6.41. The number of carbonyl (C=O) groups excluding carboxylic acids is 1.